The Balaban J connectivity index is 0.000000336. The van der Waals surface area contributed by atoms with Crippen LogP contribution in [0.5, 0.6) is 40.8 Å². The van der Waals surface area contributed by atoms with E-state index in [1.54, 1.807) is 17.0 Å². The summed E-state index contributed by atoms with van der Waals surface area (Å²) in [5.41, 5.74) is -1.80. The zero-order chi connectivity index (χ0) is 69.5. The summed E-state index contributed by atoms with van der Waals surface area (Å²) in [4.78, 5) is 88.1. The lowest BCUT2D eigenvalue weighted by atomic mass is 10.2. The standard InChI is InChI=1S/C15H11ClF3NO4.C14H10F4N4O7S.C14H17N5O7S2.C3H8NO5P/c1-2-23-14-8-10(4-5-12(14)20(21)22)24-13-6-3-9(7-11(13)16)15(17,18)19;15-11(16)28-8-5-9(29-12(17)18)20-13(19-8)21-14(25)22-30(26,27)7-4-2-1-3-6(7)10(23)24;1-4-27(21,22)9-6-5-7-15-12(9)28(23,24)19-14(20)18-13-16-10(25-2)8-11(17-13)26-3;5-3(6)1-4-2-10(7,8)9/h3-8H,2H2,1H3;1-5,11-12H,(H,23,24)(H2,19,20,21,22,25);5-8H,4H2,1-3H3,(H2,16,17,18,19,20);4H,1-2H2,(H,5,6)(H2,7,8,9). The number of carbonyl (C=O) groups excluding carboxylic acids is 2. The molecule has 3 heterocycles. The summed E-state index contributed by atoms with van der Waals surface area (Å²) in [6, 6.07) is 12.1. The molecule has 3 aromatic heterocycles. The molecule has 0 aliphatic rings. The van der Waals surface area contributed by atoms with E-state index in [2.05, 4.69) is 45.0 Å². The SMILES string of the molecule is CCOc1cc(Oc2ccc(C(F)(F)F)cc2Cl)ccc1[N+](=O)[O-].CCS(=O)(=O)c1cccnc1S(=O)(=O)NC(=O)Nc1nc(OC)cc(OC)n1.O=C(Nc1nc(OC(F)F)cc(OC(F)F)n1)NS(=O)(=O)c1ccccc1C(=O)O.O=C(O)CNCP(=O)(O)O. The van der Waals surface area contributed by atoms with Crippen molar-refractivity contribution in [2.75, 3.05) is 50.0 Å². The second-order valence-electron chi connectivity index (χ2n) is 16.2. The molecule has 0 radical (unpaired) electrons. The molecule has 0 atom stereocenters. The number of sulfonamides is 2. The number of pyridine rings is 1. The van der Waals surface area contributed by atoms with E-state index in [0.717, 1.165) is 42.6 Å². The first-order valence-corrected chi connectivity index (χ1v) is 30.9. The molecule has 92 heavy (non-hydrogen) atoms. The van der Waals surface area contributed by atoms with Gasteiger partial charge in [0.15, 0.2) is 14.9 Å². The van der Waals surface area contributed by atoms with Gasteiger partial charge in [-0.3, -0.25) is 35.4 Å². The third kappa shape index (κ3) is 25.4. The number of aliphatic carboxylic acids is 1. The van der Waals surface area contributed by atoms with Crippen molar-refractivity contribution in [2.24, 2.45) is 0 Å². The molecular formula is C46H46ClF7N11O23PS3. The number of anilines is 2. The molecule has 0 bridgehead atoms. The Bertz CT molecular complexity index is 3970. The highest BCUT2D eigenvalue weighted by molar-refractivity contribution is 7.93. The smallest absolute Gasteiger partial charge is 0.416 e. The monoisotopic (exact) mass is 1420 g/mol. The summed E-state index contributed by atoms with van der Waals surface area (Å²) in [5.74, 6) is -6.00. The number of benzene rings is 3. The summed E-state index contributed by atoms with van der Waals surface area (Å²) in [5, 5.41) is 32.8. The van der Waals surface area contributed by atoms with Gasteiger partial charge < -0.3 is 48.4 Å². The van der Waals surface area contributed by atoms with Gasteiger partial charge in [0.1, 0.15) is 21.3 Å². The first-order chi connectivity index (χ1) is 42.7. The predicted molar refractivity (Wildman–Crippen MR) is 298 cm³/mol. The third-order valence-corrected chi connectivity index (χ3v) is 15.2. The molecule has 0 saturated carbocycles. The van der Waals surface area contributed by atoms with Gasteiger partial charge in [0.25, 0.3) is 20.0 Å². The van der Waals surface area contributed by atoms with Crippen molar-refractivity contribution in [1.29, 1.82) is 0 Å². The van der Waals surface area contributed by atoms with Gasteiger partial charge in [-0.15, -0.1) is 0 Å². The minimum absolute atomic E-state index is 0.0111. The Labute approximate surface area is 517 Å². The van der Waals surface area contributed by atoms with Crippen LogP contribution in [0.3, 0.4) is 0 Å². The number of carboxylic acids is 2. The fourth-order valence-corrected chi connectivity index (χ4v) is 10.3. The Kier molecular flexibility index (Phi) is 28.3. The van der Waals surface area contributed by atoms with E-state index in [4.69, 9.17) is 50.5 Å². The third-order valence-electron chi connectivity index (χ3n) is 9.72. The number of hydrogen-bond donors (Lipinski definition) is 9. The number of halogens is 8. The van der Waals surface area contributed by atoms with Crippen molar-refractivity contribution in [3.05, 3.63) is 117 Å². The Morgan fingerprint density at radius 3 is 1.71 bits per heavy atom. The van der Waals surface area contributed by atoms with E-state index >= 15 is 0 Å². The minimum Gasteiger partial charge on any atom is -0.487 e. The van der Waals surface area contributed by atoms with Crippen molar-refractivity contribution >= 4 is 90.7 Å². The number of alkyl halides is 7. The number of amides is 4. The lowest BCUT2D eigenvalue weighted by molar-refractivity contribution is -0.385. The van der Waals surface area contributed by atoms with Crippen LogP contribution >= 0.6 is 19.2 Å². The number of carbonyl (C=O) groups is 4. The van der Waals surface area contributed by atoms with Crippen molar-refractivity contribution in [2.45, 2.75) is 48.1 Å². The number of urea groups is 2. The molecule has 4 amide bonds. The average molecular weight is 1420 g/mol. The van der Waals surface area contributed by atoms with Crippen molar-refractivity contribution in [3.63, 3.8) is 0 Å². The van der Waals surface area contributed by atoms with Crippen LogP contribution in [0.4, 0.5) is 57.9 Å². The normalized spacial score (nSPS) is 11.3. The topological polar surface area (TPSA) is 492 Å². The number of hydrogen-bond acceptors (Lipinski definition) is 25. The predicted octanol–water partition coefficient (Wildman–Crippen LogP) is 6.33. The number of ether oxygens (including phenoxy) is 6. The number of aromatic carboxylic acids is 1. The van der Waals surface area contributed by atoms with Crippen LogP contribution in [-0.4, -0.2) is 152 Å². The van der Waals surface area contributed by atoms with Crippen LogP contribution in [-0.2, 0) is 45.4 Å². The maximum absolute atomic E-state index is 12.6. The molecule has 6 rings (SSSR count). The Morgan fingerprint density at radius 1 is 0.717 bits per heavy atom. The van der Waals surface area contributed by atoms with Crippen LogP contribution in [0.2, 0.25) is 5.02 Å². The molecular weight excluding hydrogens is 1370 g/mol. The fraction of sp³-hybridized carbons (Fsp3) is 0.239. The number of carboxylic acid groups (broad SMARTS) is 2. The number of nitrogens with one attached hydrogen (secondary N) is 5. The van der Waals surface area contributed by atoms with Crippen molar-refractivity contribution in [1.82, 2.24) is 39.7 Å². The molecule has 0 unspecified atom stereocenters. The van der Waals surface area contributed by atoms with Crippen LogP contribution in [0, 0.1) is 10.1 Å². The second-order valence-corrected chi connectivity index (χ2v) is 23.8. The van der Waals surface area contributed by atoms with Gasteiger partial charge >= 0.3 is 56.7 Å². The highest BCUT2D eigenvalue weighted by Gasteiger charge is 2.32. The van der Waals surface area contributed by atoms with Gasteiger partial charge in [0.05, 0.1) is 72.6 Å². The second kappa shape index (κ2) is 34.0. The zero-order valence-electron chi connectivity index (χ0n) is 46.6. The number of methoxy groups -OCH3 is 2. The van der Waals surface area contributed by atoms with E-state index < -0.39 is 142 Å². The van der Waals surface area contributed by atoms with E-state index in [1.807, 2.05) is 0 Å². The van der Waals surface area contributed by atoms with E-state index in [9.17, 15) is 89.8 Å². The van der Waals surface area contributed by atoms with E-state index in [0.29, 0.717) is 6.07 Å². The molecule has 6 aromatic rings. The molecule has 3 aromatic carbocycles. The van der Waals surface area contributed by atoms with Gasteiger partial charge in [-0.1, -0.05) is 30.7 Å². The van der Waals surface area contributed by atoms with Crippen molar-refractivity contribution in [3.8, 4) is 40.8 Å². The maximum Gasteiger partial charge on any atom is 0.416 e. The number of sulfone groups is 1. The van der Waals surface area contributed by atoms with Crippen LogP contribution in [0.1, 0.15) is 29.8 Å². The van der Waals surface area contributed by atoms with Crippen LogP contribution in [0.15, 0.2) is 106 Å². The number of nitrogens with zero attached hydrogens (tertiary/aromatic N) is 6. The molecule has 0 saturated heterocycles. The Morgan fingerprint density at radius 2 is 1.24 bits per heavy atom. The first kappa shape index (κ1) is 76.7. The lowest BCUT2D eigenvalue weighted by Gasteiger charge is -2.12. The first-order valence-electron chi connectivity index (χ1n) is 24.1. The largest absolute Gasteiger partial charge is 0.487 e. The number of rotatable bonds is 24. The maximum atomic E-state index is 12.6. The van der Waals surface area contributed by atoms with E-state index in [-0.39, 0.29) is 58.0 Å². The highest BCUT2D eigenvalue weighted by Crippen LogP contribution is 2.39. The molecule has 0 fully saturated rings. The van der Waals surface area contributed by atoms with Gasteiger partial charge in [0, 0.05) is 18.3 Å². The summed E-state index contributed by atoms with van der Waals surface area (Å²) in [7, 11) is -14.7. The number of aromatic nitrogens is 5. The van der Waals surface area contributed by atoms with Gasteiger partial charge in [-0.25, -0.2) is 45.6 Å². The molecule has 9 N–H and O–H groups in total. The fourth-order valence-electron chi connectivity index (χ4n) is 6.06. The molecule has 34 nitrogen and oxygen atoms in total. The summed E-state index contributed by atoms with van der Waals surface area (Å²) < 4.78 is 202. The summed E-state index contributed by atoms with van der Waals surface area (Å²) in [6.07, 6.45) is -4.02. The average Bonchev–Trinajstić information content (AvgIpc) is 0.826. The van der Waals surface area contributed by atoms with Crippen LogP contribution in [0.25, 0.3) is 0 Å². The Hall–Kier alpha value is -9.59. The summed E-state index contributed by atoms with van der Waals surface area (Å²) in [6.45, 7) is -4.05. The number of nitro groups is 1. The van der Waals surface area contributed by atoms with Gasteiger partial charge in [-0.05, 0) is 55.5 Å². The molecule has 0 aliphatic heterocycles. The van der Waals surface area contributed by atoms with Gasteiger partial charge in [-0.2, -0.15) is 59.1 Å². The lowest BCUT2D eigenvalue weighted by Crippen LogP contribution is -2.36. The van der Waals surface area contributed by atoms with E-state index in [1.165, 1.54) is 68.3 Å². The quantitative estimate of drug-likeness (QED) is 0.0138. The highest BCUT2D eigenvalue weighted by atomic mass is 35.5. The molecule has 0 aliphatic carbocycles. The molecule has 0 spiro atoms. The zero-order valence-corrected chi connectivity index (χ0v) is 50.7. The van der Waals surface area contributed by atoms with Gasteiger partial charge in [0.2, 0.25) is 41.2 Å². The molecule has 502 valence electrons. The van der Waals surface area contributed by atoms with Crippen molar-refractivity contribution < 1.29 is 133 Å². The minimum atomic E-state index is -4.71. The van der Waals surface area contributed by atoms with Crippen LogP contribution < -0.4 is 53.8 Å². The number of nitro benzene ring substituents is 1. The molecule has 46 heteroatoms. The summed E-state index contributed by atoms with van der Waals surface area (Å²) >= 11 is 5.80.